The number of hydrogen-bond donors (Lipinski definition) is 1. The van der Waals surface area contributed by atoms with Gasteiger partial charge in [-0.15, -0.1) is 0 Å². The normalized spacial score (nSPS) is 9.82. The molecule has 0 saturated heterocycles. The number of nitrogens with one attached hydrogen (secondary N) is 1. The van der Waals surface area contributed by atoms with Gasteiger partial charge in [0.1, 0.15) is 6.54 Å². The van der Waals surface area contributed by atoms with Crippen molar-refractivity contribution in [2.45, 2.75) is 33.2 Å². The van der Waals surface area contributed by atoms with Crippen LogP contribution < -0.4 is 21.7 Å². The van der Waals surface area contributed by atoms with E-state index in [1.807, 2.05) is 10.9 Å². The van der Waals surface area contributed by atoms with Gasteiger partial charge in [-0.1, -0.05) is 19.1 Å². The fourth-order valence-corrected chi connectivity index (χ4v) is 0.780. The van der Waals surface area contributed by atoms with Crippen molar-refractivity contribution in [2.75, 3.05) is 0 Å². The highest BCUT2D eigenvalue weighted by atomic mass is 79.9. The zero-order chi connectivity index (χ0) is 7.56. The quantitative estimate of drug-likeness (QED) is 0.566. The molecule has 64 valence electrons. The zero-order valence-electron chi connectivity index (χ0n) is 7.13. The zero-order valence-corrected chi connectivity index (χ0v) is 8.72. The maximum absolute atomic E-state index is 4.12. The number of nitrogens with zero attached hydrogens (tertiary/aromatic N) is 2. The van der Waals surface area contributed by atoms with Gasteiger partial charge in [-0.3, -0.25) is 0 Å². The Balaban J connectivity index is 0.000001000. The third-order valence-corrected chi connectivity index (χ3v) is 1.53. The lowest BCUT2D eigenvalue weighted by Crippen LogP contribution is -3.00. The molecule has 0 bridgehead atoms. The Bertz CT molecular complexity index is 207. The first-order valence-electron chi connectivity index (χ1n) is 3.68. The minimum Gasteiger partial charge on any atom is -1.00 e. The predicted octanol–water partition coefficient (Wildman–Crippen LogP) is -2.16. The van der Waals surface area contributed by atoms with Crippen molar-refractivity contribution in [1.29, 1.82) is 0 Å². The standard InChI is InChI=1S/C7H13N3.BrH/c1-4-10-5-7(6(2)3)8-9-10;/h5-6H,4H2,1-3H3;1H. The second-order valence-corrected chi connectivity index (χ2v) is 2.71. The lowest BCUT2D eigenvalue weighted by molar-refractivity contribution is -0.750. The number of aryl methyl sites for hydroxylation is 1. The Morgan fingerprint density at radius 1 is 1.64 bits per heavy atom. The number of halogens is 1. The van der Waals surface area contributed by atoms with Gasteiger partial charge in [0.05, 0.1) is 0 Å². The van der Waals surface area contributed by atoms with Gasteiger partial charge in [0, 0.05) is 11.0 Å². The molecule has 0 radical (unpaired) electrons. The van der Waals surface area contributed by atoms with Crippen LogP contribution >= 0.6 is 0 Å². The summed E-state index contributed by atoms with van der Waals surface area (Å²) in [5.74, 6) is 0.518. The molecule has 1 aromatic heterocycles. The van der Waals surface area contributed by atoms with Gasteiger partial charge in [0.15, 0.2) is 6.20 Å². The maximum Gasteiger partial charge on any atom is 0.220 e. The van der Waals surface area contributed by atoms with Gasteiger partial charge in [-0.05, 0) is 6.92 Å². The third kappa shape index (κ3) is 2.61. The van der Waals surface area contributed by atoms with Gasteiger partial charge in [-0.25, -0.2) is 0 Å². The molecule has 0 atom stereocenters. The second-order valence-electron chi connectivity index (χ2n) is 2.71. The smallest absolute Gasteiger partial charge is 0.220 e. The van der Waals surface area contributed by atoms with Crippen molar-refractivity contribution >= 4 is 0 Å². The molecule has 4 heteroatoms. The summed E-state index contributed by atoms with van der Waals surface area (Å²) < 4.78 is 1.97. The molecule has 0 aliphatic rings. The Hall–Kier alpha value is -0.380. The highest BCUT2D eigenvalue weighted by molar-refractivity contribution is 4.93. The highest BCUT2D eigenvalue weighted by Gasteiger charge is 2.10. The summed E-state index contributed by atoms with van der Waals surface area (Å²) in [6.45, 7) is 7.31. The summed E-state index contributed by atoms with van der Waals surface area (Å²) in [6, 6.07) is 0. The average molecular weight is 220 g/mol. The number of rotatable bonds is 2. The van der Waals surface area contributed by atoms with Crippen molar-refractivity contribution in [3.05, 3.63) is 11.9 Å². The van der Waals surface area contributed by atoms with Crippen molar-refractivity contribution < 1.29 is 21.7 Å². The fraction of sp³-hybridized carbons (Fsp3) is 0.714. The van der Waals surface area contributed by atoms with Gasteiger partial charge >= 0.3 is 0 Å². The lowest BCUT2D eigenvalue weighted by atomic mass is 10.2. The van der Waals surface area contributed by atoms with E-state index in [2.05, 4.69) is 31.1 Å². The molecular formula is C7H14BrN3. The monoisotopic (exact) mass is 219 g/mol. The molecule has 3 nitrogen and oxygen atoms in total. The molecule has 0 aliphatic carbocycles. The minimum absolute atomic E-state index is 0. The van der Waals surface area contributed by atoms with Crippen molar-refractivity contribution in [2.24, 2.45) is 0 Å². The number of hydrogen-bond acceptors (Lipinski definition) is 1. The van der Waals surface area contributed by atoms with E-state index in [0.29, 0.717) is 5.92 Å². The first-order valence-corrected chi connectivity index (χ1v) is 3.68. The molecule has 0 aromatic carbocycles. The summed E-state index contributed by atoms with van der Waals surface area (Å²) in [6.07, 6.45) is 2.05. The van der Waals surface area contributed by atoms with Crippen molar-refractivity contribution in [1.82, 2.24) is 10.3 Å². The molecule has 1 aromatic rings. The molecule has 0 amide bonds. The van der Waals surface area contributed by atoms with Gasteiger partial charge in [0.2, 0.25) is 5.69 Å². The number of H-pyrrole nitrogens is 1. The molecular weight excluding hydrogens is 206 g/mol. The summed E-state index contributed by atoms with van der Waals surface area (Å²) in [4.78, 5) is 0. The summed E-state index contributed by atoms with van der Waals surface area (Å²) in [7, 11) is 0. The van der Waals surface area contributed by atoms with E-state index in [4.69, 9.17) is 0 Å². The SMILES string of the molecule is CC[n+]1cc(C(C)C)n[nH]1.[Br-]. The molecule has 0 saturated carbocycles. The van der Waals surface area contributed by atoms with E-state index in [0.717, 1.165) is 12.2 Å². The minimum atomic E-state index is 0. The molecule has 0 fully saturated rings. The Morgan fingerprint density at radius 3 is 2.55 bits per heavy atom. The molecule has 0 aliphatic heterocycles. The van der Waals surface area contributed by atoms with Crippen LogP contribution in [0.3, 0.4) is 0 Å². The first kappa shape index (κ1) is 10.6. The first-order chi connectivity index (χ1) is 4.74. The summed E-state index contributed by atoms with van der Waals surface area (Å²) >= 11 is 0. The van der Waals surface area contributed by atoms with E-state index in [1.165, 1.54) is 0 Å². The third-order valence-electron chi connectivity index (χ3n) is 1.53. The van der Waals surface area contributed by atoms with Crippen LogP contribution in [-0.4, -0.2) is 10.3 Å². The molecule has 11 heavy (non-hydrogen) atoms. The number of aromatic nitrogens is 3. The molecule has 1 N–H and O–H groups in total. The molecule has 0 unspecified atom stereocenters. The van der Waals surface area contributed by atoms with E-state index in [9.17, 15) is 0 Å². The largest absolute Gasteiger partial charge is 1.00 e. The Morgan fingerprint density at radius 2 is 2.27 bits per heavy atom. The van der Waals surface area contributed by atoms with Gasteiger partial charge in [-0.2, -0.15) is 4.68 Å². The summed E-state index contributed by atoms with van der Waals surface area (Å²) in [5.41, 5.74) is 1.13. The van der Waals surface area contributed by atoms with E-state index in [1.54, 1.807) is 0 Å². The Labute approximate surface area is 77.6 Å². The van der Waals surface area contributed by atoms with Gasteiger partial charge in [0.25, 0.3) is 0 Å². The van der Waals surface area contributed by atoms with Crippen molar-refractivity contribution in [3.8, 4) is 0 Å². The number of aromatic amines is 1. The topological polar surface area (TPSA) is 32.6 Å². The molecule has 0 spiro atoms. The van der Waals surface area contributed by atoms with E-state index >= 15 is 0 Å². The second kappa shape index (κ2) is 4.49. The highest BCUT2D eigenvalue weighted by Crippen LogP contribution is 2.06. The molecule has 1 rings (SSSR count). The van der Waals surface area contributed by atoms with Crippen LogP contribution in [0.25, 0.3) is 0 Å². The predicted molar refractivity (Wildman–Crippen MR) is 38.5 cm³/mol. The van der Waals surface area contributed by atoms with Crippen LogP contribution in [0, 0.1) is 0 Å². The van der Waals surface area contributed by atoms with Crippen LogP contribution in [0.1, 0.15) is 32.4 Å². The van der Waals surface area contributed by atoms with E-state index in [-0.39, 0.29) is 17.0 Å². The van der Waals surface area contributed by atoms with Crippen LogP contribution in [0.4, 0.5) is 0 Å². The Kier molecular flexibility index (Phi) is 4.33. The molecule has 1 heterocycles. The van der Waals surface area contributed by atoms with Crippen LogP contribution in [0.5, 0.6) is 0 Å². The van der Waals surface area contributed by atoms with Crippen LogP contribution in [0.15, 0.2) is 6.20 Å². The van der Waals surface area contributed by atoms with Crippen LogP contribution in [-0.2, 0) is 6.54 Å². The fourth-order valence-electron chi connectivity index (χ4n) is 0.780. The van der Waals surface area contributed by atoms with Crippen molar-refractivity contribution in [3.63, 3.8) is 0 Å². The van der Waals surface area contributed by atoms with Gasteiger partial charge < -0.3 is 17.0 Å². The lowest BCUT2D eigenvalue weighted by Gasteiger charge is -1.87. The average Bonchev–Trinajstić information content (AvgIpc) is 2.34. The summed E-state index contributed by atoms with van der Waals surface area (Å²) in [5, 5.41) is 7.03. The van der Waals surface area contributed by atoms with Crippen LogP contribution in [0.2, 0.25) is 0 Å². The van der Waals surface area contributed by atoms with E-state index < -0.39 is 0 Å². The maximum atomic E-state index is 4.12.